The molecular weight excluding hydrogens is 142 g/mol. The second kappa shape index (κ2) is 4.36. The molecule has 0 heterocycles. The van der Waals surface area contributed by atoms with Crippen molar-refractivity contribution in [3.8, 4) is 0 Å². The highest BCUT2D eigenvalue weighted by Gasteiger charge is 2.12. The minimum Gasteiger partial charge on any atom is -0.292 e. The van der Waals surface area contributed by atoms with Gasteiger partial charge in [-0.15, -0.1) is 6.58 Å². The number of carbonyl (C=O) groups is 1. The maximum Gasteiger partial charge on any atom is 0.236 e. The number of nitrogens with zero attached hydrogens (tertiary/aromatic N) is 1. The Morgan fingerprint density at radius 3 is 2.55 bits per heavy atom. The van der Waals surface area contributed by atoms with Gasteiger partial charge in [0.25, 0.3) is 0 Å². The lowest BCUT2D eigenvalue weighted by Crippen LogP contribution is -2.15. The predicted octanol–water partition coefficient (Wildman–Crippen LogP) is 1.02. The normalized spacial score (nSPS) is 11.0. The van der Waals surface area contributed by atoms with Crippen molar-refractivity contribution < 1.29 is 9.59 Å². The molecule has 0 aliphatic heterocycles. The van der Waals surface area contributed by atoms with Gasteiger partial charge in [0.15, 0.2) is 5.78 Å². The molecule has 1 atom stereocenters. The van der Waals surface area contributed by atoms with Gasteiger partial charge in [0, 0.05) is 0 Å². The van der Waals surface area contributed by atoms with Crippen LogP contribution >= 0.6 is 0 Å². The van der Waals surface area contributed by atoms with E-state index in [0.29, 0.717) is 5.57 Å². The van der Waals surface area contributed by atoms with Gasteiger partial charge in [0.05, 0.1) is 0 Å². The van der Waals surface area contributed by atoms with Crippen LogP contribution in [0, 0.1) is 0 Å². The van der Waals surface area contributed by atoms with Crippen LogP contribution in [0.15, 0.2) is 29.8 Å². The zero-order chi connectivity index (χ0) is 8.85. The molecule has 0 bridgehead atoms. The highest BCUT2D eigenvalue weighted by atomic mass is 16.1. The third kappa shape index (κ3) is 2.74. The van der Waals surface area contributed by atoms with Crippen molar-refractivity contribution in [2.45, 2.75) is 13.0 Å². The summed E-state index contributed by atoms with van der Waals surface area (Å²) < 4.78 is 0. The first-order valence-corrected chi connectivity index (χ1v) is 3.02. The Morgan fingerprint density at radius 1 is 1.73 bits per heavy atom. The molecule has 0 aromatic heterocycles. The fraction of sp³-hybridized carbons (Fsp3) is 0.250. The van der Waals surface area contributed by atoms with Gasteiger partial charge in [0.2, 0.25) is 6.08 Å². The molecule has 0 fully saturated rings. The van der Waals surface area contributed by atoms with E-state index in [1.807, 2.05) is 0 Å². The summed E-state index contributed by atoms with van der Waals surface area (Å²) in [4.78, 5) is 24.0. The third-order valence-electron chi connectivity index (χ3n) is 1.10. The van der Waals surface area contributed by atoms with Gasteiger partial charge in [-0.25, -0.2) is 4.79 Å². The molecule has 1 unspecified atom stereocenters. The first-order valence-electron chi connectivity index (χ1n) is 3.02. The maximum absolute atomic E-state index is 11.0. The highest BCUT2D eigenvalue weighted by Crippen LogP contribution is 2.00. The van der Waals surface area contributed by atoms with E-state index < -0.39 is 6.04 Å². The molecule has 0 rings (SSSR count). The molecular formula is C8H9NO2. The van der Waals surface area contributed by atoms with E-state index in [0.717, 1.165) is 0 Å². The lowest BCUT2D eigenvalue weighted by Gasteiger charge is -2.01. The number of rotatable bonds is 4. The first-order chi connectivity index (χ1) is 5.13. The Morgan fingerprint density at radius 2 is 2.27 bits per heavy atom. The molecule has 0 saturated carbocycles. The molecule has 0 amide bonds. The summed E-state index contributed by atoms with van der Waals surface area (Å²) in [6.45, 7) is 8.32. The minimum absolute atomic E-state index is 0.302. The number of Topliss-reactive ketones (excluding diaryl/α,β-unsaturated/α-hetero) is 1. The molecule has 11 heavy (non-hydrogen) atoms. The van der Waals surface area contributed by atoms with E-state index in [4.69, 9.17) is 0 Å². The smallest absolute Gasteiger partial charge is 0.236 e. The molecule has 0 aromatic carbocycles. The molecule has 58 valence electrons. The van der Waals surface area contributed by atoms with Gasteiger partial charge >= 0.3 is 0 Å². The van der Waals surface area contributed by atoms with Gasteiger partial charge in [-0.2, -0.15) is 4.99 Å². The van der Waals surface area contributed by atoms with Gasteiger partial charge in [0.1, 0.15) is 6.04 Å². The first kappa shape index (κ1) is 9.53. The number of hydrogen-bond acceptors (Lipinski definition) is 3. The second-order valence-corrected chi connectivity index (χ2v) is 2.05. The standard InChI is InChI=1S/C8H9NO2/c1-4-7(9-5-10)8(11)6(2)3/h4,7H,1-2H2,3H3. The fourth-order valence-electron chi connectivity index (χ4n) is 0.528. The Labute approximate surface area is 65.1 Å². The second-order valence-electron chi connectivity index (χ2n) is 2.05. The van der Waals surface area contributed by atoms with Gasteiger partial charge in [-0.05, 0) is 12.5 Å². The van der Waals surface area contributed by atoms with Crippen LogP contribution in [-0.4, -0.2) is 17.9 Å². The van der Waals surface area contributed by atoms with Crippen LogP contribution in [0.4, 0.5) is 0 Å². The summed E-state index contributed by atoms with van der Waals surface area (Å²) in [5.41, 5.74) is 0.355. The minimum atomic E-state index is -0.815. The summed E-state index contributed by atoms with van der Waals surface area (Å²) in [5.74, 6) is -0.302. The summed E-state index contributed by atoms with van der Waals surface area (Å²) in [7, 11) is 0. The van der Waals surface area contributed by atoms with Crippen molar-refractivity contribution >= 4 is 11.9 Å². The molecule has 0 spiro atoms. The molecule has 0 radical (unpaired) electrons. The van der Waals surface area contributed by atoms with Crippen molar-refractivity contribution in [3.05, 3.63) is 24.8 Å². The molecule has 0 aromatic rings. The lowest BCUT2D eigenvalue weighted by molar-refractivity contribution is -0.115. The Kier molecular flexibility index (Phi) is 3.78. The maximum atomic E-state index is 11.0. The number of carbonyl (C=O) groups excluding carboxylic acids is 2. The fourth-order valence-corrected chi connectivity index (χ4v) is 0.528. The largest absolute Gasteiger partial charge is 0.292 e. The van der Waals surface area contributed by atoms with Gasteiger partial charge < -0.3 is 0 Å². The summed E-state index contributed by atoms with van der Waals surface area (Å²) >= 11 is 0. The molecule has 3 heteroatoms. The summed E-state index contributed by atoms with van der Waals surface area (Å²) in [5, 5.41) is 0. The monoisotopic (exact) mass is 151 g/mol. The van der Waals surface area contributed by atoms with Crippen molar-refractivity contribution in [1.82, 2.24) is 0 Å². The summed E-state index contributed by atoms with van der Waals surface area (Å²) in [6, 6.07) is -0.815. The van der Waals surface area contributed by atoms with Crippen LogP contribution in [0.1, 0.15) is 6.92 Å². The average molecular weight is 151 g/mol. The van der Waals surface area contributed by atoms with E-state index in [1.165, 1.54) is 12.2 Å². The van der Waals surface area contributed by atoms with Crippen molar-refractivity contribution in [1.29, 1.82) is 0 Å². The molecule has 0 N–H and O–H groups in total. The van der Waals surface area contributed by atoms with Crippen LogP contribution in [-0.2, 0) is 9.59 Å². The van der Waals surface area contributed by atoms with Crippen molar-refractivity contribution in [3.63, 3.8) is 0 Å². The number of aliphatic imine (C=N–C) groups is 1. The van der Waals surface area contributed by atoms with Crippen LogP contribution < -0.4 is 0 Å². The Bertz CT molecular complexity index is 236. The average Bonchev–Trinajstić information content (AvgIpc) is 1.98. The van der Waals surface area contributed by atoms with E-state index in [1.54, 1.807) is 6.92 Å². The third-order valence-corrected chi connectivity index (χ3v) is 1.10. The van der Waals surface area contributed by atoms with Crippen LogP contribution in [0.25, 0.3) is 0 Å². The highest BCUT2D eigenvalue weighted by molar-refractivity contribution is 6.00. The van der Waals surface area contributed by atoms with E-state index >= 15 is 0 Å². The van der Waals surface area contributed by atoms with E-state index in [-0.39, 0.29) is 5.78 Å². The topological polar surface area (TPSA) is 46.5 Å². The van der Waals surface area contributed by atoms with Crippen LogP contribution in [0.2, 0.25) is 0 Å². The molecule has 0 aliphatic rings. The van der Waals surface area contributed by atoms with Gasteiger partial charge in [-0.3, -0.25) is 4.79 Å². The molecule has 3 nitrogen and oxygen atoms in total. The Balaban J connectivity index is 4.50. The number of isocyanates is 1. The molecule has 0 aliphatic carbocycles. The van der Waals surface area contributed by atoms with Crippen LogP contribution in [0.5, 0.6) is 0 Å². The summed E-state index contributed by atoms with van der Waals surface area (Å²) in [6.07, 6.45) is 2.58. The van der Waals surface area contributed by atoms with E-state index in [9.17, 15) is 9.59 Å². The zero-order valence-electron chi connectivity index (χ0n) is 6.33. The number of hydrogen-bond donors (Lipinski definition) is 0. The SMILES string of the molecule is C=CC(N=C=O)C(=O)C(=C)C. The Hall–Kier alpha value is -1.47. The van der Waals surface area contributed by atoms with Crippen molar-refractivity contribution in [2.75, 3.05) is 0 Å². The van der Waals surface area contributed by atoms with Crippen molar-refractivity contribution in [2.24, 2.45) is 4.99 Å². The van der Waals surface area contributed by atoms with Crippen LogP contribution in [0.3, 0.4) is 0 Å². The lowest BCUT2D eigenvalue weighted by atomic mass is 10.1. The zero-order valence-corrected chi connectivity index (χ0v) is 6.33. The number of ketones is 1. The molecule has 0 saturated heterocycles. The van der Waals surface area contributed by atoms with E-state index in [2.05, 4.69) is 18.2 Å². The quantitative estimate of drug-likeness (QED) is 0.260. The predicted molar refractivity (Wildman–Crippen MR) is 41.9 cm³/mol. The van der Waals surface area contributed by atoms with Gasteiger partial charge in [-0.1, -0.05) is 12.7 Å².